The van der Waals surface area contributed by atoms with E-state index in [0.29, 0.717) is 25.2 Å². The summed E-state index contributed by atoms with van der Waals surface area (Å²) in [5.74, 6) is -1.79. The van der Waals surface area contributed by atoms with Crippen LogP contribution in [0, 0.1) is 0 Å². The number of nitrogens with zero attached hydrogens (tertiary/aromatic N) is 1. The first-order valence-corrected chi connectivity index (χ1v) is 10.6. The van der Waals surface area contributed by atoms with E-state index in [9.17, 15) is 19.2 Å². The fourth-order valence-electron chi connectivity index (χ4n) is 3.82. The second-order valence-corrected chi connectivity index (χ2v) is 7.73. The van der Waals surface area contributed by atoms with Crippen molar-refractivity contribution in [3.8, 4) is 0 Å². The van der Waals surface area contributed by atoms with Gasteiger partial charge >= 0.3 is 12.1 Å². The lowest BCUT2D eigenvalue weighted by Crippen LogP contribution is -2.39. The zero-order chi connectivity index (χ0) is 23.3. The molecule has 1 aromatic rings. The summed E-state index contributed by atoms with van der Waals surface area (Å²) in [7, 11) is 0. The van der Waals surface area contributed by atoms with Gasteiger partial charge in [-0.2, -0.15) is 0 Å². The van der Waals surface area contributed by atoms with Gasteiger partial charge in [0.2, 0.25) is 5.91 Å². The number of Topliss-reactive ketones (excluding diaryl/α,β-unsaturated/α-hetero) is 1. The van der Waals surface area contributed by atoms with Crippen molar-refractivity contribution in [1.82, 2.24) is 10.6 Å². The lowest BCUT2D eigenvalue weighted by Gasteiger charge is -2.25. The molecule has 0 spiro atoms. The smallest absolute Gasteiger partial charge is 0.414 e. The number of carbonyl (C=O) groups excluding carboxylic acids is 3. The average Bonchev–Trinajstić information content (AvgIpc) is 3.12. The molecule has 4 N–H and O–H groups in total. The van der Waals surface area contributed by atoms with Crippen LogP contribution in [-0.2, 0) is 19.1 Å². The van der Waals surface area contributed by atoms with E-state index in [4.69, 9.17) is 9.84 Å². The third kappa shape index (κ3) is 5.64. The van der Waals surface area contributed by atoms with Crippen LogP contribution in [0.3, 0.4) is 0 Å². The number of cyclic esters (lactones) is 1. The third-order valence-electron chi connectivity index (χ3n) is 5.27. The summed E-state index contributed by atoms with van der Waals surface area (Å²) in [4.78, 5) is 48.6. The van der Waals surface area contributed by atoms with Crippen molar-refractivity contribution in [3.05, 3.63) is 29.8 Å². The molecule has 2 amide bonds. The number of nitrogens with one attached hydrogen (secondary N) is 3. The highest BCUT2D eigenvalue weighted by atomic mass is 16.6. The van der Waals surface area contributed by atoms with Gasteiger partial charge in [-0.05, 0) is 37.1 Å². The number of amides is 2. The Bertz CT molecular complexity index is 944. The first-order valence-electron chi connectivity index (χ1n) is 10.6. The van der Waals surface area contributed by atoms with Gasteiger partial charge in [0.15, 0.2) is 5.78 Å². The maximum absolute atomic E-state index is 12.6. The first-order chi connectivity index (χ1) is 15.3. The van der Waals surface area contributed by atoms with Crippen molar-refractivity contribution in [1.29, 1.82) is 0 Å². The number of hydrogen-bond donors (Lipinski definition) is 4. The van der Waals surface area contributed by atoms with E-state index in [0.717, 1.165) is 16.8 Å². The minimum atomic E-state index is -1.17. The van der Waals surface area contributed by atoms with E-state index < -0.39 is 36.4 Å². The number of rotatable bonds is 9. The topological polar surface area (TPSA) is 137 Å². The second kappa shape index (κ2) is 10.3. The molecule has 10 nitrogen and oxygen atoms in total. The summed E-state index contributed by atoms with van der Waals surface area (Å²) < 4.78 is 5.41. The fourth-order valence-corrected chi connectivity index (χ4v) is 3.82. The van der Waals surface area contributed by atoms with Gasteiger partial charge in [-0.15, -0.1) is 0 Å². The van der Waals surface area contributed by atoms with Crippen molar-refractivity contribution in [3.63, 3.8) is 0 Å². The van der Waals surface area contributed by atoms with Gasteiger partial charge < -0.3 is 25.8 Å². The number of ketones is 1. The predicted molar refractivity (Wildman–Crippen MR) is 119 cm³/mol. The third-order valence-corrected chi connectivity index (χ3v) is 5.27. The summed E-state index contributed by atoms with van der Waals surface area (Å²) >= 11 is 0. The average molecular weight is 444 g/mol. The summed E-state index contributed by atoms with van der Waals surface area (Å²) in [5, 5.41) is 17.9. The van der Waals surface area contributed by atoms with Crippen LogP contribution in [0.15, 0.2) is 24.3 Å². The number of carboxylic acids is 1. The molecule has 1 fully saturated rings. The summed E-state index contributed by atoms with van der Waals surface area (Å²) in [6.45, 7) is 5.09. The molecule has 1 unspecified atom stereocenters. The number of carboxylic acid groups (broad SMARTS) is 1. The molecule has 172 valence electrons. The largest absolute Gasteiger partial charge is 0.481 e. The Morgan fingerprint density at radius 1 is 1.31 bits per heavy atom. The number of ether oxygens (including phenoxy) is 1. The van der Waals surface area contributed by atoms with Crippen molar-refractivity contribution in [2.45, 2.75) is 38.8 Å². The van der Waals surface area contributed by atoms with E-state index in [2.05, 4.69) is 16.0 Å². The highest BCUT2D eigenvalue weighted by Gasteiger charge is 2.34. The van der Waals surface area contributed by atoms with Crippen molar-refractivity contribution in [2.75, 3.05) is 36.4 Å². The van der Waals surface area contributed by atoms with Gasteiger partial charge in [0.25, 0.3) is 0 Å². The molecule has 0 bridgehead atoms. The zero-order valence-corrected chi connectivity index (χ0v) is 18.1. The van der Waals surface area contributed by atoms with Gasteiger partial charge in [-0.1, -0.05) is 6.08 Å². The molecule has 32 heavy (non-hydrogen) atoms. The molecule has 10 heteroatoms. The van der Waals surface area contributed by atoms with Gasteiger partial charge in [0.1, 0.15) is 12.5 Å². The Morgan fingerprint density at radius 2 is 2.09 bits per heavy atom. The molecule has 2 heterocycles. The van der Waals surface area contributed by atoms with Gasteiger partial charge in [-0.25, -0.2) is 4.79 Å². The van der Waals surface area contributed by atoms with Gasteiger partial charge in [0, 0.05) is 31.3 Å². The first kappa shape index (κ1) is 23.3. The highest BCUT2D eigenvalue weighted by molar-refractivity contribution is 6.01. The maximum atomic E-state index is 12.6. The molecule has 1 aromatic carbocycles. The standard InChI is InChI=1S/C22H28N4O6/c1-3-23-15-4-5-19(26-12-16(32-22(26)31)11-25-13(2)27)17(9-15)14-6-7-24-18(8-14)20(28)10-21(29)30/h4-5,8-9,16,18,23-24H,3,6-7,10-12H2,1-2H3,(H,25,27)(H,29,30)/t16-,18?/m0/s1. The lowest BCUT2D eigenvalue weighted by atomic mass is 9.93. The maximum Gasteiger partial charge on any atom is 0.414 e. The quantitative estimate of drug-likeness (QED) is 0.419. The highest BCUT2D eigenvalue weighted by Crippen LogP contribution is 2.35. The lowest BCUT2D eigenvalue weighted by molar-refractivity contribution is -0.140. The van der Waals surface area contributed by atoms with Crippen molar-refractivity contribution < 1.29 is 29.0 Å². The number of benzene rings is 1. The Balaban J connectivity index is 1.92. The van der Waals surface area contributed by atoms with Crippen LogP contribution in [0.4, 0.5) is 16.2 Å². The number of aliphatic carboxylic acids is 1. The molecular formula is C22H28N4O6. The molecule has 0 aromatic heterocycles. The normalized spacial score (nSPS) is 20.4. The monoisotopic (exact) mass is 444 g/mol. The Labute approximate surface area is 186 Å². The Hall–Kier alpha value is -3.40. The van der Waals surface area contributed by atoms with Crippen LogP contribution in [0.2, 0.25) is 0 Å². The van der Waals surface area contributed by atoms with E-state index in [1.165, 1.54) is 11.8 Å². The summed E-state index contributed by atoms with van der Waals surface area (Å²) in [6, 6.07) is 4.91. The van der Waals surface area contributed by atoms with E-state index in [1.54, 1.807) is 6.08 Å². The SMILES string of the molecule is CCNc1ccc(N2C[C@H](CNC(C)=O)OC2=O)c(C2=CC(C(=O)CC(=O)O)NCC2)c1. The molecule has 1 saturated heterocycles. The Morgan fingerprint density at radius 3 is 2.78 bits per heavy atom. The molecular weight excluding hydrogens is 416 g/mol. The molecule has 0 saturated carbocycles. The number of carbonyl (C=O) groups is 4. The minimum absolute atomic E-state index is 0.202. The molecule has 2 aliphatic rings. The van der Waals surface area contributed by atoms with E-state index in [-0.39, 0.29) is 19.0 Å². The van der Waals surface area contributed by atoms with Crippen LogP contribution in [-0.4, -0.2) is 67.2 Å². The zero-order valence-electron chi connectivity index (χ0n) is 18.1. The van der Waals surface area contributed by atoms with Gasteiger partial charge in [-0.3, -0.25) is 19.3 Å². The van der Waals surface area contributed by atoms with E-state index in [1.807, 2.05) is 25.1 Å². The summed E-state index contributed by atoms with van der Waals surface area (Å²) in [5.41, 5.74) is 3.12. The van der Waals surface area contributed by atoms with Crippen LogP contribution in [0.5, 0.6) is 0 Å². The van der Waals surface area contributed by atoms with Crippen molar-refractivity contribution >= 4 is 40.7 Å². The Kier molecular flexibility index (Phi) is 7.47. The molecule has 0 radical (unpaired) electrons. The fraction of sp³-hybridized carbons (Fsp3) is 0.455. The van der Waals surface area contributed by atoms with Crippen LogP contribution >= 0.6 is 0 Å². The molecule has 0 aliphatic carbocycles. The minimum Gasteiger partial charge on any atom is -0.481 e. The second-order valence-electron chi connectivity index (χ2n) is 7.73. The van der Waals surface area contributed by atoms with E-state index >= 15 is 0 Å². The number of hydrogen-bond acceptors (Lipinski definition) is 7. The molecule has 2 aliphatic heterocycles. The van der Waals surface area contributed by atoms with Crippen LogP contribution in [0.1, 0.15) is 32.3 Å². The van der Waals surface area contributed by atoms with Gasteiger partial charge in [0.05, 0.1) is 24.8 Å². The molecule has 3 rings (SSSR count). The van der Waals surface area contributed by atoms with Crippen molar-refractivity contribution in [2.24, 2.45) is 0 Å². The number of anilines is 2. The van der Waals surface area contributed by atoms with Crippen LogP contribution < -0.4 is 20.9 Å². The predicted octanol–water partition coefficient (Wildman–Crippen LogP) is 1.37. The van der Waals surface area contributed by atoms with Crippen LogP contribution in [0.25, 0.3) is 5.57 Å². The molecule has 2 atom stereocenters. The summed E-state index contributed by atoms with van der Waals surface area (Å²) in [6.07, 6.45) is 0.803.